The minimum Gasteiger partial charge on any atom is -0.497 e. The first-order valence-electron chi connectivity index (χ1n) is 8.87. The van der Waals surface area contributed by atoms with Crippen LogP contribution in [-0.4, -0.2) is 31.3 Å². The van der Waals surface area contributed by atoms with Gasteiger partial charge in [-0.3, -0.25) is 9.78 Å². The normalized spacial score (nSPS) is 10.6. The van der Waals surface area contributed by atoms with Crippen LogP contribution in [0.5, 0.6) is 17.2 Å². The topological polar surface area (TPSA) is 82.0 Å². The van der Waals surface area contributed by atoms with Gasteiger partial charge in [0, 0.05) is 29.6 Å². The van der Waals surface area contributed by atoms with Gasteiger partial charge in [0.05, 0.1) is 20.4 Å². The van der Waals surface area contributed by atoms with E-state index in [4.69, 9.17) is 14.2 Å². The quantitative estimate of drug-likeness (QED) is 0.470. The third-order valence-corrected chi connectivity index (χ3v) is 4.06. The second-order valence-electron chi connectivity index (χ2n) is 5.97. The Kier molecular flexibility index (Phi) is 6.78. The van der Waals surface area contributed by atoms with Crippen molar-refractivity contribution in [3.05, 3.63) is 83.7 Å². The summed E-state index contributed by atoms with van der Waals surface area (Å²) in [5.41, 5.74) is 4.62. The summed E-state index contributed by atoms with van der Waals surface area (Å²) >= 11 is 0. The van der Waals surface area contributed by atoms with Gasteiger partial charge in [0.15, 0.2) is 0 Å². The molecule has 3 rings (SSSR count). The SMILES string of the molecule is COc1cccc(OCc2cc(C=NNC(=O)c3ccncc3)ccc2OC)c1. The predicted octanol–water partition coefficient (Wildman–Crippen LogP) is 3.44. The number of methoxy groups -OCH3 is 2. The van der Waals surface area contributed by atoms with E-state index in [2.05, 4.69) is 15.5 Å². The van der Waals surface area contributed by atoms with Crippen LogP contribution in [0.3, 0.4) is 0 Å². The van der Waals surface area contributed by atoms with Gasteiger partial charge in [-0.25, -0.2) is 5.43 Å². The highest BCUT2D eigenvalue weighted by Crippen LogP contribution is 2.24. The summed E-state index contributed by atoms with van der Waals surface area (Å²) in [7, 11) is 3.21. The number of pyridine rings is 1. The zero-order chi connectivity index (χ0) is 20.5. The molecule has 0 bridgehead atoms. The highest BCUT2D eigenvalue weighted by atomic mass is 16.5. The number of amides is 1. The molecule has 148 valence electrons. The summed E-state index contributed by atoms with van der Waals surface area (Å²) in [6.07, 6.45) is 4.67. The van der Waals surface area contributed by atoms with E-state index in [-0.39, 0.29) is 5.91 Å². The van der Waals surface area contributed by atoms with Crippen molar-refractivity contribution in [2.24, 2.45) is 5.10 Å². The first-order valence-corrected chi connectivity index (χ1v) is 8.87. The van der Waals surface area contributed by atoms with E-state index < -0.39 is 0 Å². The maximum Gasteiger partial charge on any atom is 0.271 e. The molecule has 1 N–H and O–H groups in total. The number of aromatic nitrogens is 1. The monoisotopic (exact) mass is 391 g/mol. The van der Waals surface area contributed by atoms with Crippen molar-refractivity contribution in [2.75, 3.05) is 14.2 Å². The van der Waals surface area contributed by atoms with Crippen LogP contribution in [0.4, 0.5) is 0 Å². The lowest BCUT2D eigenvalue weighted by Gasteiger charge is -2.12. The molecule has 7 heteroatoms. The summed E-state index contributed by atoms with van der Waals surface area (Å²) in [6.45, 7) is 0.307. The fraction of sp³-hybridized carbons (Fsp3) is 0.136. The van der Waals surface area contributed by atoms with E-state index in [9.17, 15) is 4.79 Å². The fourth-order valence-corrected chi connectivity index (χ4v) is 2.58. The fourth-order valence-electron chi connectivity index (χ4n) is 2.58. The van der Waals surface area contributed by atoms with Crippen molar-refractivity contribution in [2.45, 2.75) is 6.61 Å². The standard InChI is InChI=1S/C22H21N3O4/c1-27-19-4-3-5-20(13-19)29-15-18-12-16(6-7-21(18)28-2)14-24-25-22(26)17-8-10-23-11-9-17/h3-14H,15H2,1-2H3,(H,25,26). The number of ether oxygens (including phenoxy) is 3. The van der Waals surface area contributed by atoms with Crippen molar-refractivity contribution in [1.29, 1.82) is 0 Å². The number of carbonyl (C=O) groups excluding carboxylic acids is 1. The number of benzene rings is 2. The lowest BCUT2D eigenvalue weighted by molar-refractivity contribution is 0.0955. The van der Waals surface area contributed by atoms with Crippen LogP contribution >= 0.6 is 0 Å². The van der Waals surface area contributed by atoms with Crippen LogP contribution in [-0.2, 0) is 6.61 Å². The number of carbonyl (C=O) groups is 1. The number of hydrazone groups is 1. The van der Waals surface area contributed by atoms with Gasteiger partial charge in [0.25, 0.3) is 5.91 Å². The highest BCUT2D eigenvalue weighted by Gasteiger charge is 2.07. The van der Waals surface area contributed by atoms with Crippen LogP contribution in [0.25, 0.3) is 0 Å². The molecule has 29 heavy (non-hydrogen) atoms. The summed E-state index contributed by atoms with van der Waals surface area (Å²) in [5.74, 6) is 1.81. The number of nitrogens with zero attached hydrogens (tertiary/aromatic N) is 2. The van der Waals surface area contributed by atoms with E-state index in [0.717, 1.165) is 16.9 Å². The maximum absolute atomic E-state index is 12.0. The molecule has 0 saturated carbocycles. The average Bonchev–Trinajstić information content (AvgIpc) is 2.78. The van der Waals surface area contributed by atoms with Gasteiger partial charge in [0.2, 0.25) is 0 Å². The Morgan fingerprint density at radius 2 is 1.83 bits per heavy atom. The second-order valence-corrected chi connectivity index (χ2v) is 5.97. The van der Waals surface area contributed by atoms with Gasteiger partial charge < -0.3 is 14.2 Å². The highest BCUT2D eigenvalue weighted by molar-refractivity contribution is 5.94. The summed E-state index contributed by atoms with van der Waals surface area (Å²) in [4.78, 5) is 15.9. The van der Waals surface area contributed by atoms with Crippen molar-refractivity contribution >= 4 is 12.1 Å². The molecule has 0 fully saturated rings. The van der Waals surface area contributed by atoms with Crippen molar-refractivity contribution in [3.63, 3.8) is 0 Å². The Bertz CT molecular complexity index is 990. The molecule has 2 aromatic carbocycles. The molecule has 0 saturated heterocycles. The number of hydrogen-bond donors (Lipinski definition) is 1. The molecule has 0 spiro atoms. The molecule has 0 aliphatic carbocycles. The van der Waals surface area contributed by atoms with Crippen molar-refractivity contribution in [1.82, 2.24) is 10.4 Å². The molecular formula is C22H21N3O4. The Morgan fingerprint density at radius 1 is 1.03 bits per heavy atom. The van der Waals surface area contributed by atoms with Crippen LogP contribution in [0.15, 0.2) is 72.1 Å². The first kappa shape index (κ1) is 19.9. The Labute approximate surface area is 169 Å². The Balaban J connectivity index is 1.67. The van der Waals surface area contributed by atoms with Crippen molar-refractivity contribution < 1.29 is 19.0 Å². The smallest absolute Gasteiger partial charge is 0.271 e. The average molecular weight is 391 g/mol. The summed E-state index contributed by atoms with van der Waals surface area (Å²) < 4.78 is 16.5. The molecule has 0 aliphatic rings. The Morgan fingerprint density at radius 3 is 2.59 bits per heavy atom. The van der Waals surface area contributed by atoms with Gasteiger partial charge >= 0.3 is 0 Å². The minimum absolute atomic E-state index is 0.307. The molecule has 1 heterocycles. The molecule has 0 unspecified atom stereocenters. The number of hydrogen-bond acceptors (Lipinski definition) is 6. The van der Waals surface area contributed by atoms with Crippen molar-refractivity contribution in [3.8, 4) is 17.2 Å². The molecular weight excluding hydrogens is 370 g/mol. The third kappa shape index (κ3) is 5.55. The maximum atomic E-state index is 12.0. The largest absolute Gasteiger partial charge is 0.497 e. The van der Waals surface area contributed by atoms with Gasteiger partial charge in [-0.1, -0.05) is 6.07 Å². The zero-order valence-electron chi connectivity index (χ0n) is 16.2. The van der Waals surface area contributed by atoms with Gasteiger partial charge in [0.1, 0.15) is 23.9 Å². The van der Waals surface area contributed by atoms with E-state index >= 15 is 0 Å². The predicted molar refractivity (Wildman–Crippen MR) is 110 cm³/mol. The molecule has 0 atom stereocenters. The first-order chi connectivity index (χ1) is 14.2. The number of nitrogens with one attached hydrogen (secondary N) is 1. The summed E-state index contributed by atoms with van der Waals surface area (Å²) in [6, 6.07) is 16.2. The molecule has 0 aliphatic heterocycles. The zero-order valence-corrected chi connectivity index (χ0v) is 16.2. The van der Waals surface area contributed by atoms with Crippen LogP contribution in [0.1, 0.15) is 21.5 Å². The van der Waals surface area contributed by atoms with Crippen LogP contribution in [0, 0.1) is 0 Å². The van der Waals surface area contributed by atoms with E-state index in [1.165, 1.54) is 0 Å². The van der Waals surface area contributed by atoms with Gasteiger partial charge in [-0.05, 0) is 48.0 Å². The lowest BCUT2D eigenvalue weighted by atomic mass is 10.1. The minimum atomic E-state index is -0.307. The molecule has 1 aromatic heterocycles. The van der Waals surface area contributed by atoms with E-state index in [1.807, 2.05) is 42.5 Å². The van der Waals surface area contributed by atoms with Gasteiger partial charge in [-0.2, -0.15) is 5.10 Å². The lowest BCUT2D eigenvalue weighted by Crippen LogP contribution is -2.17. The Hall–Kier alpha value is -3.87. The molecule has 0 radical (unpaired) electrons. The molecule has 1 amide bonds. The number of rotatable bonds is 8. The third-order valence-electron chi connectivity index (χ3n) is 4.06. The van der Waals surface area contributed by atoms with E-state index in [1.54, 1.807) is 45.0 Å². The van der Waals surface area contributed by atoms with E-state index in [0.29, 0.717) is 23.7 Å². The van der Waals surface area contributed by atoms with Gasteiger partial charge in [-0.15, -0.1) is 0 Å². The second kappa shape index (κ2) is 9.89. The van der Waals surface area contributed by atoms with Crippen LogP contribution in [0.2, 0.25) is 0 Å². The molecule has 7 nitrogen and oxygen atoms in total. The van der Waals surface area contributed by atoms with Crippen LogP contribution < -0.4 is 19.6 Å². The molecule has 3 aromatic rings. The summed E-state index contributed by atoms with van der Waals surface area (Å²) in [5, 5.41) is 4.01.